The minimum atomic E-state index is 0.264. The maximum Gasteiger partial charge on any atom is 0.158 e. The Morgan fingerprint density at radius 2 is 2.04 bits per heavy atom. The molecule has 1 aromatic carbocycles. The predicted octanol–water partition coefficient (Wildman–Crippen LogP) is 2.01. The van der Waals surface area contributed by atoms with E-state index in [-0.39, 0.29) is 5.69 Å². The molecule has 2 heterocycles. The molecule has 0 aliphatic heterocycles. The molecule has 3 aromatic rings. The number of para-hydroxylation sites is 2. The van der Waals surface area contributed by atoms with E-state index in [1.807, 2.05) is 41.1 Å². The molecule has 3 N–H and O–H groups in total. The minimum Gasteiger partial charge on any atom is -0.491 e. The van der Waals surface area contributed by atoms with E-state index in [1.54, 1.807) is 6.33 Å². The number of nitrogens with one attached hydrogen (secondary N) is 1. The standard InChI is InChI=1S/C17H17N7O/c18-6-3-7-25-15-5-2-1-4-14(15)24-11-17(22-12-24)23-16-10-20-13(8-19)9-21-16/h1-2,4-5,9-12H,3,6-7,18H2,(H,21,23). The fourth-order valence-electron chi connectivity index (χ4n) is 2.16. The number of anilines is 2. The molecule has 0 fully saturated rings. The van der Waals surface area contributed by atoms with Crippen molar-refractivity contribution in [3.8, 4) is 17.5 Å². The van der Waals surface area contributed by atoms with Gasteiger partial charge in [-0.1, -0.05) is 12.1 Å². The Bertz CT molecular complexity index is 867. The summed E-state index contributed by atoms with van der Waals surface area (Å²) in [7, 11) is 0. The quantitative estimate of drug-likeness (QED) is 0.635. The Balaban J connectivity index is 1.76. The summed E-state index contributed by atoms with van der Waals surface area (Å²) in [6.07, 6.45) is 7.19. The van der Waals surface area contributed by atoms with Gasteiger partial charge in [-0.3, -0.25) is 0 Å². The first kappa shape index (κ1) is 16.4. The van der Waals surface area contributed by atoms with Gasteiger partial charge in [-0.25, -0.2) is 15.0 Å². The first-order valence-corrected chi connectivity index (χ1v) is 7.75. The lowest BCUT2D eigenvalue weighted by Crippen LogP contribution is -2.07. The highest BCUT2D eigenvalue weighted by atomic mass is 16.5. The Hall–Kier alpha value is -3.44. The van der Waals surface area contributed by atoms with Crippen molar-refractivity contribution in [2.75, 3.05) is 18.5 Å². The summed E-state index contributed by atoms with van der Waals surface area (Å²) in [5.41, 5.74) is 6.65. The average Bonchev–Trinajstić information content (AvgIpc) is 3.11. The van der Waals surface area contributed by atoms with Crippen LogP contribution in [0.25, 0.3) is 5.69 Å². The smallest absolute Gasteiger partial charge is 0.158 e. The normalized spacial score (nSPS) is 10.2. The second-order valence-corrected chi connectivity index (χ2v) is 5.15. The molecule has 0 saturated heterocycles. The van der Waals surface area contributed by atoms with Gasteiger partial charge in [0.25, 0.3) is 0 Å². The van der Waals surface area contributed by atoms with Gasteiger partial charge in [0.15, 0.2) is 5.69 Å². The molecule has 25 heavy (non-hydrogen) atoms. The summed E-state index contributed by atoms with van der Waals surface area (Å²) in [6.45, 7) is 1.15. The van der Waals surface area contributed by atoms with Gasteiger partial charge in [0.2, 0.25) is 0 Å². The fraction of sp³-hybridized carbons (Fsp3) is 0.176. The number of ether oxygens (including phenoxy) is 1. The van der Waals surface area contributed by atoms with Crippen LogP contribution in [0.5, 0.6) is 5.75 Å². The van der Waals surface area contributed by atoms with Gasteiger partial charge < -0.3 is 20.4 Å². The number of hydrogen-bond acceptors (Lipinski definition) is 7. The molecule has 0 saturated carbocycles. The summed E-state index contributed by atoms with van der Waals surface area (Å²) >= 11 is 0. The van der Waals surface area contributed by atoms with Crippen LogP contribution in [0.4, 0.5) is 11.6 Å². The Kier molecular flexibility index (Phi) is 5.19. The molecule has 0 spiro atoms. The van der Waals surface area contributed by atoms with Crippen molar-refractivity contribution >= 4 is 11.6 Å². The summed E-state index contributed by atoms with van der Waals surface area (Å²) in [5, 5.41) is 11.8. The largest absolute Gasteiger partial charge is 0.491 e. The Morgan fingerprint density at radius 3 is 2.80 bits per heavy atom. The van der Waals surface area contributed by atoms with Gasteiger partial charge in [-0.2, -0.15) is 5.26 Å². The number of hydrogen-bond donors (Lipinski definition) is 2. The van der Waals surface area contributed by atoms with Crippen LogP contribution in [-0.2, 0) is 0 Å². The molecule has 8 nitrogen and oxygen atoms in total. The summed E-state index contributed by atoms with van der Waals surface area (Å²) in [4.78, 5) is 12.4. The van der Waals surface area contributed by atoms with E-state index in [0.717, 1.165) is 17.9 Å². The topological polar surface area (TPSA) is 115 Å². The molecular formula is C17H17N7O. The molecule has 0 unspecified atom stereocenters. The van der Waals surface area contributed by atoms with Gasteiger partial charge in [0, 0.05) is 0 Å². The molecule has 0 aliphatic rings. The molecule has 0 bridgehead atoms. The highest BCUT2D eigenvalue weighted by molar-refractivity contribution is 5.53. The van der Waals surface area contributed by atoms with Gasteiger partial charge in [-0.05, 0) is 25.1 Å². The maximum atomic E-state index is 8.74. The van der Waals surface area contributed by atoms with Crippen LogP contribution >= 0.6 is 0 Å². The maximum absolute atomic E-state index is 8.74. The van der Waals surface area contributed by atoms with E-state index in [9.17, 15) is 0 Å². The van der Waals surface area contributed by atoms with Crippen LogP contribution in [0.1, 0.15) is 12.1 Å². The number of benzene rings is 1. The predicted molar refractivity (Wildman–Crippen MR) is 92.8 cm³/mol. The second-order valence-electron chi connectivity index (χ2n) is 5.15. The van der Waals surface area contributed by atoms with Crippen molar-refractivity contribution < 1.29 is 4.74 Å². The summed E-state index contributed by atoms with van der Waals surface area (Å²) in [6, 6.07) is 9.64. The molecule has 2 aromatic heterocycles. The SMILES string of the molecule is N#Cc1cnc(Nc2cn(-c3ccccc3OCCCN)cn2)cn1. The van der Waals surface area contributed by atoms with Gasteiger partial charge in [-0.15, -0.1) is 0 Å². The van der Waals surface area contributed by atoms with Crippen LogP contribution in [0.15, 0.2) is 49.2 Å². The van der Waals surface area contributed by atoms with Crippen LogP contribution in [0.3, 0.4) is 0 Å². The zero-order valence-corrected chi connectivity index (χ0v) is 13.5. The lowest BCUT2D eigenvalue weighted by molar-refractivity contribution is 0.312. The monoisotopic (exact) mass is 335 g/mol. The van der Waals surface area contributed by atoms with E-state index >= 15 is 0 Å². The number of nitrogens with two attached hydrogens (primary N) is 1. The molecule has 0 amide bonds. The molecule has 3 rings (SSSR count). The number of imidazole rings is 1. The van der Waals surface area contributed by atoms with Crippen molar-refractivity contribution in [3.63, 3.8) is 0 Å². The van der Waals surface area contributed by atoms with Crippen molar-refractivity contribution in [2.45, 2.75) is 6.42 Å². The highest BCUT2D eigenvalue weighted by Gasteiger charge is 2.07. The summed E-state index contributed by atoms with van der Waals surface area (Å²) < 4.78 is 7.64. The first-order valence-electron chi connectivity index (χ1n) is 7.75. The van der Waals surface area contributed by atoms with E-state index < -0.39 is 0 Å². The third kappa shape index (κ3) is 4.10. The van der Waals surface area contributed by atoms with Crippen LogP contribution in [0, 0.1) is 11.3 Å². The lowest BCUT2D eigenvalue weighted by atomic mass is 10.3. The fourth-order valence-corrected chi connectivity index (χ4v) is 2.16. The molecule has 126 valence electrons. The molecule has 0 radical (unpaired) electrons. The van der Waals surface area contributed by atoms with Crippen molar-refractivity contribution in [3.05, 3.63) is 54.9 Å². The third-order valence-corrected chi connectivity index (χ3v) is 3.35. The van der Waals surface area contributed by atoms with Gasteiger partial charge >= 0.3 is 0 Å². The first-order chi connectivity index (χ1) is 12.3. The summed E-state index contributed by atoms with van der Waals surface area (Å²) in [5.74, 6) is 1.88. The molecule has 8 heteroatoms. The number of aromatic nitrogens is 4. The van der Waals surface area contributed by atoms with Crippen molar-refractivity contribution in [1.82, 2.24) is 19.5 Å². The van der Waals surface area contributed by atoms with E-state index in [1.165, 1.54) is 12.4 Å². The number of rotatable bonds is 7. The third-order valence-electron chi connectivity index (χ3n) is 3.35. The zero-order chi connectivity index (χ0) is 17.5. The number of nitrogens with zero attached hydrogens (tertiary/aromatic N) is 5. The average molecular weight is 335 g/mol. The van der Waals surface area contributed by atoms with Gasteiger partial charge in [0.1, 0.15) is 29.8 Å². The van der Waals surface area contributed by atoms with Gasteiger partial charge in [0.05, 0.1) is 30.9 Å². The zero-order valence-electron chi connectivity index (χ0n) is 13.5. The molecule has 0 atom stereocenters. The van der Waals surface area contributed by atoms with E-state index in [2.05, 4.69) is 20.3 Å². The Morgan fingerprint density at radius 1 is 1.16 bits per heavy atom. The van der Waals surface area contributed by atoms with E-state index in [0.29, 0.717) is 24.8 Å². The lowest BCUT2D eigenvalue weighted by Gasteiger charge is -2.11. The molecular weight excluding hydrogens is 318 g/mol. The van der Waals surface area contributed by atoms with E-state index in [4.69, 9.17) is 15.7 Å². The minimum absolute atomic E-state index is 0.264. The second kappa shape index (κ2) is 7.90. The van der Waals surface area contributed by atoms with Crippen LogP contribution < -0.4 is 15.8 Å². The Labute approximate surface area is 144 Å². The highest BCUT2D eigenvalue weighted by Crippen LogP contribution is 2.24. The van der Waals surface area contributed by atoms with Crippen LogP contribution in [-0.4, -0.2) is 32.7 Å². The van der Waals surface area contributed by atoms with Crippen LogP contribution in [0.2, 0.25) is 0 Å². The molecule has 0 aliphatic carbocycles. The van der Waals surface area contributed by atoms with Crippen molar-refractivity contribution in [1.29, 1.82) is 5.26 Å². The number of nitriles is 1. The van der Waals surface area contributed by atoms with Crippen molar-refractivity contribution in [2.24, 2.45) is 5.73 Å².